The zero-order valence-corrected chi connectivity index (χ0v) is 15.7. The second kappa shape index (κ2) is 9.24. The largest absolute Gasteiger partial charge is 0.493 e. The highest BCUT2D eigenvalue weighted by Gasteiger charge is 2.39. The molecule has 0 heterocycles. The summed E-state index contributed by atoms with van der Waals surface area (Å²) in [7, 11) is 0. The number of halogens is 1. The fourth-order valence-electron chi connectivity index (χ4n) is 4.26. The second-order valence-electron chi connectivity index (χ2n) is 7.26. The molecular formula is C19H28ClN3O3. The van der Waals surface area contributed by atoms with E-state index in [1.54, 1.807) is 24.3 Å². The van der Waals surface area contributed by atoms with E-state index in [2.05, 4.69) is 5.32 Å². The molecule has 2 atom stereocenters. The number of primary amides is 1. The second-order valence-corrected chi connectivity index (χ2v) is 7.26. The van der Waals surface area contributed by atoms with Crippen molar-refractivity contribution in [3.05, 3.63) is 29.8 Å². The predicted octanol–water partition coefficient (Wildman–Crippen LogP) is 2.00. The zero-order valence-electron chi connectivity index (χ0n) is 14.9. The standard InChI is InChI=1S/C19H27N3O3.ClH/c20-15-10-13-2-1-3-14(11-15)18(13)22-17(23)8-9-25-16-6-4-12(5-7-16)19(21)24;/h4-7,13-15,18H,1-3,8-11,20H2,(H2,21,24)(H,22,23);1H. The molecule has 2 amide bonds. The molecule has 144 valence electrons. The van der Waals surface area contributed by atoms with Crippen molar-refractivity contribution >= 4 is 24.2 Å². The first-order valence-corrected chi connectivity index (χ1v) is 9.10. The lowest BCUT2D eigenvalue weighted by Crippen LogP contribution is -2.53. The molecule has 0 saturated heterocycles. The van der Waals surface area contributed by atoms with Gasteiger partial charge in [-0.25, -0.2) is 0 Å². The molecule has 2 aliphatic rings. The van der Waals surface area contributed by atoms with Crippen molar-refractivity contribution < 1.29 is 14.3 Å². The van der Waals surface area contributed by atoms with Crippen LogP contribution in [0, 0.1) is 11.8 Å². The molecule has 1 aromatic rings. The molecule has 6 nitrogen and oxygen atoms in total. The summed E-state index contributed by atoms with van der Waals surface area (Å²) < 4.78 is 5.58. The van der Waals surface area contributed by atoms with E-state index in [9.17, 15) is 9.59 Å². The maximum atomic E-state index is 12.3. The molecule has 2 unspecified atom stereocenters. The van der Waals surface area contributed by atoms with E-state index in [4.69, 9.17) is 16.2 Å². The molecule has 2 saturated carbocycles. The number of benzene rings is 1. The summed E-state index contributed by atoms with van der Waals surface area (Å²) in [5.41, 5.74) is 11.8. The number of nitrogens with one attached hydrogen (secondary N) is 1. The summed E-state index contributed by atoms with van der Waals surface area (Å²) >= 11 is 0. The molecular weight excluding hydrogens is 354 g/mol. The van der Waals surface area contributed by atoms with Gasteiger partial charge in [0.2, 0.25) is 11.8 Å². The highest BCUT2D eigenvalue weighted by Crippen LogP contribution is 2.39. The molecule has 2 fully saturated rings. The summed E-state index contributed by atoms with van der Waals surface area (Å²) in [5.74, 6) is 1.23. The topological polar surface area (TPSA) is 107 Å². The van der Waals surface area contributed by atoms with E-state index >= 15 is 0 Å². The van der Waals surface area contributed by atoms with Crippen LogP contribution in [0.25, 0.3) is 0 Å². The SMILES string of the molecule is Cl.NC(=O)c1ccc(OCCC(=O)NC2C3CCCC2CC(N)C3)cc1. The molecule has 0 aromatic heterocycles. The maximum absolute atomic E-state index is 12.3. The van der Waals surface area contributed by atoms with Crippen LogP contribution in [0.5, 0.6) is 5.75 Å². The third kappa shape index (κ3) is 5.11. The van der Waals surface area contributed by atoms with Gasteiger partial charge in [0.05, 0.1) is 13.0 Å². The summed E-state index contributed by atoms with van der Waals surface area (Å²) in [4.78, 5) is 23.3. The number of amides is 2. The Hall–Kier alpha value is -1.79. The van der Waals surface area contributed by atoms with E-state index in [1.165, 1.54) is 6.42 Å². The number of nitrogens with two attached hydrogens (primary N) is 2. The molecule has 0 aliphatic heterocycles. The Morgan fingerprint density at radius 1 is 1.12 bits per heavy atom. The third-order valence-corrected chi connectivity index (χ3v) is 5.44. The van der Waals surface area contributed by atoms with Crippen molar-refractivity contribution in [2.24, 2.45) is 23.3 Å². The smallest absolute Gasteiger partial charge is 0.248 e. The fraction of sp³-hybridized carbons (Fsp3) is 0.579. The quantitative estimate of drug-likeness (QED) is 0.700. The predicted molar refractivity (Wildman–Crippen MR) is 102 cm³/mol. The monoisotopic (exact) mass is 381 g/mol. The number of ether oxygens (including phenoxy) is 1. The Morgan fingerprint density at radius 2 is 1.73 bits per heavy atom. The van der Waals surface area contributed by atoms with E-state index in [1.807, 2.05) is 0 Å². The minimum absolute atomic E-state index is 0. The van der Waals surface area contributed by atoms with Crippen LogP contribution in [-0.4, -0.2) is 30.5 Å². The zero-order chi connectivity index (χ0) is 17.8. The van der Waals surface area contributed by atoms with Crippen LogP contribution in [0.15, 0.2) is 24.3 Å². The van der Waals surface area contributed by atoms with Gasteiger partial charge in [0.15, 0.2) is 0 Å². The van der Waals surface area contributed by atoms with Gasteiger partial charge in [0.25, 0.3) is 0 Å². The van der Waals surface area contributed by atoms with Gasteiger partial charge in [-0.15, -0.1) is 12.4 Å². The van der Waals surface area contributed by atoms with Crippen molar-refractivity contribution in [2.75, 3.05) is 6.61 Å². The van der Waals surface area contributed by atoms with Crippen molar-refractivity contribution in [3.63, 3.8) is 0 Å². The average Bonchev–Trinajstić information content (AvgIpc) is 2.56. The number of fused-ring (bicyclic) bond motifs is 2. The van der Waals surface area contributed by atoms with Crippen LogP contribution >= 0.6 is 12.4 Å². The van der Waals surface area contributed by atoms with Crippen LogP contribution in [0.3, 0.4) is 0 Å². The Labute approximate surface area is 160 Å². The van der Waals surface area contributed by atoms with Crippen LogP contribution in [0.1, 0.15) is 48.9 Å². The van der Waals surface area contributed by atoms with Gasteiger partial charge in [0.1, 0.15) is 5.75 Å². The molecule has 5 N–H and O–H groups in total. The molecule has 3 rings (SSSR count). The van der Waals surface area contributed by atoms with Crippen molar-refractivity contribution in [1.82, 2.24) is 5.32 Å². The summed E-state index contributed by atoms with van der Waals surface area (Å²) in [6.45, 7) is 0.309. The minimum atomic E-state index is -0.469. The molecule has 1 aromatic carbocycles. The van der Waals surface area contributed by atoms with E-state index in [-0.39, 0.29) is 30.4 Å². The van der Waals surface area contributed by atoms with Gasteiger partial charge < -0.3 is 21.5 Å². The van der Waals surface area contributed by atoms with Crippen molar-refractivity contribution in [2.45, 2.75) is 50.6 Å². The maximum Gasteiger partial charge on any atom is 0.248 e. The van der Waals surface area contributed by atoms with Gasteiger partial charge in [-0.05, 0) is 61.8 Å². The summed E-state index contributed by atoms with van der Waals surface area (Å²) in [6.07, 6.45) is 5.93. The molecule has 7 heteroatoms. The number of carbonyl (C=O) groups excluding carboxylic acids is 2. The van der Waals surface area contributed by atoms with Gasteiger partial charge in [-0.3, -0.25) is 9.59 Å². The van der Waals surface area contributed by atoms with Gasteiger partial charge >= 0.3 is 0 Å². The number of carbonyl (C=O) groups is 2. The Balaban J connectivity index is 0.00000243. The van der Waals surface area contributed by atoms with Gasteiger partial charge in [-0.1, -0.05) is 6.42 Å². The fourth-order valence-corrected chi connectivity index (χ4v) is 4.26. The minimum Gasteiger partial charge on any atom is -0.493 e. The highest BCUT2D eigenvalue weighted by molar-refractivity contribution is 5.92. The van der Waals surface area contributed by atoms with Gasteiger partial charge in [-0.2, -0.15) is 0 Å². The number of hydrogen-bond acceptors (Lipinski definition) is 4. The van der Waals surface area contributed by atoms with Crippen molar-refractivity contribution in [1.29, 1.82) is 0 Å². The lowest BCUT2D eigenvalue weighted by molar-refractivity contribution is -0.123. The molecule has 26 heavy (non-hydrogen) atoms. The molecule has 0 spiro atoms. The highest BCUT2D eigenvalue weighted by atomic mass is 35.5. The Bertz CT molecular complexity index is 609. The van der Waals surface area contributed by atoms with E-state index in [0.717, 1.165) is 25.7 Å². The first-order valence-electron chi connectivity index (χ1n) is 9.10. The van der Waals surface area contributed by atoms with Crippen LogP contribution in [0.2, 0.25) is 0 Å². The van der Waals surface area contributed by atoms with Crippen molar-refractivity contribution in [3.8, 4) is 5.75 Å². The van der Waals surface area contributed by atoms with Crippen LogP contribution in [-0.2, 0) is 4.79 Å². The lowest BCUT2D eigenvalue weighted by Gasteiger charge is -2.45. The number of rotatable bonds is 6. The van der Waals surface area contributed by atoms with E-state index < -0.39 is 5.91 Å². The summed E-state index contributed by atoms with van der Waals surface area (Å²) in [5, 5.41) is 3.22. The molecule has 0 radical (unpaired) electrons. The Kier molecular flexibility index (Phi) is 7.29. The third-order valence-electron chi connectivity index (χ3n) is 5.44. The Morgan fingerprint density at radius 3 is 2.31 bits per heavy atom. The lowest BCUT2D eigenvalue weighted by atomic mass is 9.67. The average molecular weight is 382 g/mol. The summed E-state index contributed by atoms with van der Waals surface area (Å²) in [6, 6.07) is 7.16. The number of hydrogen-bond donors (Lipinski definition) is 3. The first kappa shape index (κ1) is 20.5. The van der Waals surface area contributed by atoms with Crippen LogP contribution < -0.4 is 21.5 Å². The molecule has 2 aliphatic carbocycles. The van der Waals surface area contributed by atoms with E-state index in [0.29, 0.717) is 36.2 Å². The van der Waals surface area contributed by atoms with Gasteiger partial charge in [0, 0.05) is 17.6 Å². The normalized spacial score (nSPS) is 27.1. The molecule has 2 bridgehead atoms. The first-order chi connectivity index (χ1) is 12.0. The van der Waals surface area contributed by atoms with Crippen LogP contribution in [0.4, 0.5) is 0 Å².